The minimum Gasteiger partial charge on any atom is -0.494 e. The normalized spacial score (nSPS) is 39.4. The van der Waals surface area contributed by atoms with Crippen LogP contribution in [-0.2, 0) is 9.59 Å². The van der Waals surface area contributed by atoms with Crippen LogP contribution in [0, 0.1) is 35.5 Å². The standard InChI is InChI=1S/C19H19NO3/c1-2-23-11-5-3-10(4-6-11)20-18(21)16-12-7-8-13(15-9-14(12)15)17(16)19(20)22/h3-8,12-17H,2,9H2,1H3/t12-,13-,14-,15-,16-,17+/m1/s1. The molecule has 0 radical (unpaired) electrons. The summed E-state index contributed by atoms with van der Waals surface area (Å²) in [5.74, 6) is 2.32. The van der Waals surface area contributed by atoms with E-state index < -0.39 is 0 Å². The summed E-state index contributed by atoms with van der Waals surface area (Å²) in [6.45, 7) is 2.53. The second kappa shape index (κ2) is 4.47. The summed E-state index contributed by atoms with van der Waals surface area (Å²) in [7, 11) is 0. The van der Waals surface area contributed by atoms with E-state index in [1.807, 2.05) is 31.2 Å². The molecule has 4 aliphatic carbocycles. The smallest absolute Gasteiger partial charge is 0.238 e. The number of hydrogen-bond donors (Lipinski definition) is 0. The molecular formula is C19H19NO3. The van der Waals surface area contributed by atoms with E-state index in [0.717, 1.165) is 5.75 Å². The van der Waals surface area contributed by atoms with Crippen LogP contribution in [0.3, 0.4) is 0 Å². The Hall–Kier alpha value is -2.10. The van der Waals surface area contributed by atoms with Gasteiger partial charge in [-0.1, -0.05) is 12.2 Å². The molecule has 2 bridgehead atoms. The Balaban J connectivity index is 1.49. The van der Waals surface area contributed by atoms with Crippen molar-refractivity contribution in [1.82, 2.24) is 0 Å². The maximum absolute atomic E-state index is 13.0. The number of rotatable bonds is 3. The van der Waals surface area contributed by atoms with E-state index in [0.29, 0.717) is 24.1 Å². The number of carbonyl (C=O) groups excluding carboxylic acids is 2. The third kappa shape index (κ3) is 1.66. The minimum absolute atomic E-state index is 0.00569. The van der Waals surface area contributed by atoms with Crippen molar-refractivity contribution in [3.63, 3.8) is 0 Å². The summed E-state index contributed by atoms with van der Waals surface area (Å²) < 4.78 is 5.44. The van der Waals surface area contributed by atoms with Crippen LogP contribution in [0.25, 0.3) is 0 Å². The largest absolute Gasteiger partial charge is 0.494 e. The molecule has 4 nitrogen and oxygen atoms in total. The van der Waals surface area contributed by atoms with Crippen LogP contribution in [0.5, 0.6) is 5.75 Å². The van der Waals surface area contributed by atoms with E-state index in [4.69, 9.17) is 4.74 Å². The van der Waals surface area contributed by atoms with Gasteiger partial charge in [0.15, 0.2) is 0 Å². The highest BCUT2D eigenvalue weighted by molar-refractivity contribution is 6.22. The lowest BCUT2D eigenvalue weighted by atomic mass is 9.63. The van der Waals surface area contributed by atoms with Crippen LogP contribution in [0.1, 0.15) is 13.3 Å². The van der Waals surface area contributed by atoms with E-state index in [2.05, 4.69) is 12.2 Å². The van der Waals surface area contributed by atoms with Crippen molar-refractivity contribution in [2.75, 3.05) is 11.5 Å². The number of benzene rings is 1. The molecule has 4 heteroatoms. The number of hydrogen-bond acceptors (Lipinski definition) is 3. The second-order valence-corrected chi connectivity index (χ2v) is 7.09. The van der Waals surface area contributed by atoms with E-state index in [1.165, 1.54) is 11.3 Å². The molecular weight excluding hydrogens is 290 g/mol. The first-order chi connectivity index (χ1) is 11.2. The molecule has 2 saturated carbocycles. The molecule has 0 aromatic heterocycles. The van der Waals surface area contributed by atoms with Gasteiger partial charge >= 0.3 is 0 Å². The van der Waals surface area contributed by atoms with Crippen molar-refractivity contribution < 1.29 is 14.3 Å². The first-order valence-electron chi connectivity index (χ1n) is 8.49. The van der Waals surface area contributed by atoms with E-state index in [-0.39, 0.29) is 35.5 Å². The van der Waals surface area contributed by atoms with Gasteiger partial charge in [0.05, 0.1) is 24.1 Å². The number of imide groups is 1. The fourth-order valence-corrected chi connectivity index (χ4v) is 5.07. The Bertz CT molecular complexity index is 687. The maximum Gasteiger partial charge on any atom is 0.238 e. The fraction of sp³-hybridized carbons (Fsp3) is 0.474. The third-order valence-corrected chi connectivity index (χ3v) is 6.07. The van der Waals surface area contributed by atoms with Crippen molar-refractivity contribution in [2.45, 2.75) is 13.3 Å². The van der Waals surface area contributed by atoms with Crippen molar-refractivity contribution in [3.8, 4) is 5.75 Å². The van der Waals surface area contributed by atoms with Crippen molar-refractivity contribution in [3.05, 3.63) is 36.4 Å². The molecule has 1 saturated heterocycles. The molecule has 0 N–H and O–H groups in total. The van der Waals surface area contributed by atoms with Crippen LogP contribution in [0.4, 0.5) is 5.69 Å². The molecule has 0 spiro atoms. The molecule has 1 aromatic carbocycles. The summed E-state index contributed by atoms with van der Waals surface area (Å²) in [6, 6.07) is 7.28. The number of carbonyl (C=O) groups is 2. The van der Waals surface area contributed by atoms with Crippen molar-refractivity contribution in [2.24, 2.45) is 35.5 Å². The molecule has 1 aliphatic heterocycles. The maximum atomic E-state index is 13.0. The molecule has 0 unspecified atom stereocenters. The fourth-order valence-electron chi connectivity index (χ4n) is 5.07. The highest BCUT2D eigenvalue weighted by Crippen LogP contribution is 2.65. The summed E-state index contributed by atoms with van der Waals surface area (Å²) >= 11 is 0. The lowest BCUT2D eigenvalue weighted by Gasteiger charge is -2.37. The van der Waals surface area contributed by atoms with Crippen molar-refractivity contribution >= 4 is 17.5 Å². The average Bonchev–Trinajstić information content (AvgIpc) is 3.34. The van der Waals surface area contributed by atoms with Crippen molar-refractivity contribution in [1.29, 1.82) is 0 Å². The quantitative estimate of drug-likeness (QED) is 0.637. The number of anilines is 1. The van der Waals surface area contributed by atoms with Gasteiger partial charge in [0.2, 0.25) is 11.8 Å². The Morgan fingerprint density at radius 2 is 1.57 bits per heavy atom. The van der Waals surface area contributed by atoms with Gasteiger partial charge in [0, 0.05) is 0 Å². The molecule has 2 amide bonds. The molecule has 1 aromatic rings. The van der Waals surface area contributed by atoms with Crippen LogP contribution in [-0.4, -0.2) is 18.4 Å². The first-order valence-corrected chi connectivity index (χ1v) is 8.49. The van der Waals surface area contributed by atoms with Gasteiger partial charge in [-0.3, -0.25) is 14.5 Å². The topological polar surface area (TPSA) is 46.6 Å². The molecule has 118 valence electrons. The number of nitrogens with zero attached hydrogens (tertiary/aromatic N) is 1. The van der Waals surface area contributed by atoms with Crippen LogP contribution >= 0.6 is 0 Å². The van der Waals surface area contributed by atoms with E-state index >= 15 is 0 Å². The van der Waals surface area contributed by atoms with Crippen LogP contribution in [0.15, 0.2) is 36.4 Å². The zero-order valence-electron chi connectivity index (χ0n) is 13.0. The molecule has 23 heavy (non-hydrogen) atoms. The van der Waals surface area contributed by atoms with Gasteiger partial charge < -0.3 is 4.74 Å². The Morgan fingerprint density at radius 3 is 2.09 bits per heavy atom. The van der Waals surface area contributed by atoms with Gasteiger partial charge in [0.1, 0.15) is 5.75 Å². The molecule has 1 heterocycles. The first kappa shape index (κ1) is 13.3. The summed E-state index contributed by atoms with van der Waals surface area (Å²) in [4.78, 5) is 27.3. The minimum atomic E-state index is -0.132. The van der Waals surface area contributed by atoms with Gasteiger partial charge in [-0.05, 0) is 61.3 Å². The van der Waals surface area contributed by atoms with Gasteiger partial charge in [0.25, 0.3) is 0 Å². The Morgan fingerprint density at radius 1 is 1.00 bits per heavy atom. The molecule has 3 fully saturated rings. The number of allylic oxidation sites excluding steroid dienone is 2. The second-order valence-electron chi connectivity index (χ2n) is 7.09. The summed E-state index contributed by atoms with van der Waals surface area (Å²) in [6.07, 6.45) is 5.60. The highest BCUT2D eigenvalue weighted by atomic mass is 16.5. The number of ether oxygens (including phenoxy) is 1. The van der Waals surface area contributed by atoms with Crippen LogP contribution in [0.2, 0.25) is 0 Å². The Kier molecular flexibility index (Phi) is 2.59. The monoisotopic (exact) mass is 309 g/mol. The van der Waals surface area contributed by atoms with Gasteiger partial charge in [-0.15, -0.1) is 0 Å². The molecule has 6 rings (SSSR count). The van der Waals surface area contributed by atoms with E-state index in [1.54, 1.807) is 0 Å². The lowest BCUT2D eigenvalue weighted by Crippen LogP contribution is -2.40. The Labute approximate surface area is 135 Å². The lowest BCUT2D eigenvalue weighted by molar-refractivity contribution is -0.124. The summed E-state index contributed by atoms with van der Waals surface area (Å²) in [5, 5.41) is 0. The zero-order valence-corrected chi connectivity index (χ0v) is 13.0. The van der Waals surface area contributed by atoms with Crippen LogP contribution < -0.4 is 9.64 Å². The SMILES string of the molecule is CCOc1ccc(N2C(=O)[C@@H]3[C@@H]4C=C[C@H]([C@H]5C[C@H]45)[C@@H]3C2=O)cc1. The summed E-state index contributed by atoms with van der Waals surface area (Å²) in [5.41, 5.74) is 0.672. The van der Waals surface area contributed by atoms with Gasteiger partial charge in [-0.2, -0.15) is 0 Å². The average molecular weight is 309 g/mol. The van der Waals surface area contributed by atoms with Gasteiger partial charge in [-0.25, -0.2) is 0 Å². The number of amides is 2. The third-order valence-electron chi connectivity index (χ3n) is 6.07. The predicted molar refractivity (Wildman–Crippen MR) is 84.8 cm³/mol. The highest BCUT2D eigenvalue weighted by Gasteiger charge is 2.67. The predicted octanol–water partition coefficient (Wildman–Crippen LogP) is 2.64. The molecule has 6 atom stereocenters. The zero-order chi connectivity index (χ0) is 15.7. The van der Waals surface area contributed by atoms with E-state index in [9.17, 15) is 9.59 Å². The molecule has 5 aliphatic rings.